The minimum absolute atomic E-state index is 0. The van der Waals surface area contributed by atoms with Gasteiger partial charge in [0.1, 0.15) is 0 Å². The molecule has 0 unspecified atom stereocenters. The van der Waals surface area contributed by atoms with E-state index in [0.29, 0.717) is 0 Å². The monoisotopic (exact) mass is 382 g/mol. The third kappa shape index (κ3) is 4.97. The van der Waals surface area contributed by atoms with Crippen LogP contribution in [0.25, 0.3) is 0 Å². The van der Waals surface area contributed by atoms with Crippen LogP contribution >= 0.6 is 35.7 Å². The molecule has 1 fully saturated rings. The Morgan fingerprint density at radius 3 is 2.72 bits per heavy atom. The minimum atomic E-state index is 0. The number of aliphatic imine (C=N–C) groups is 1. The maximum Gasteiger partial charge on any atom is 0.191 e. The van der Waals surface area contributed by atoms with Crippen molar-refractivity contribution < 1.29 is 0 Å². The molecular formula is C12H23IN4S. The molecule has 6 heteroatoms. The summed E-state index contributed by atoms with van der Waals surface area (Å²) in [7, 11) is 2.15. The van der Waals surface area contributed by atoms with Crippen LogP contribution in [0.3, 0.4) is 0 Å². The highest BCUT2D eigenvalue weighted by Crippen LogP contribution is 2.11. The molecule has 0 aromatic carbocycles. The second kappa shape index (κ2) is 8.27. The van der Waals surface area contributed by atoms with Gasteiger partial charge in [-0.25, -0.2) is 4.99 Å². The third-order valence-corrected chi connectivity index (χ3v) is 4.23. The van der Waals surface area contributed by atoms with Crippen LogP contribution in [0.5, 0.6) is 0 Å². The van der Waals surface area contributed by atoms with Crippen LogP contribution in [0.15, 0.2) is 16.6 Å². The van der Waals surface area contributed by atoms with Gasteiger partial charge < -0.3 is 15.5 Å². The Hall–Kier alpha value is 0.0500. The van der Waals surface area contributed by atoms with Gasteiger partial charge in [-0.15, -0.1) is 24.0 Å². The van der Waals surface area contributed by atoms with Crippen LogP contribution in [0.1, 0.15) is 6.42 Å². The first kappa shape index (κ1) is 16.1. The highest BCUT2D eigenvalue weighted by molar-refractivity contribution is 14.0. The maximum absolute atomic E-state index is 6.02. The molecule has 2 N–H and O–H groups in total. The molecule has 104 valence electrons. The summed E-state index contributed by atoms with van der Waals surface area (Å²) in [4.78, 5) is 9.04. The predicted octanol–water partition coefficient (Wildman–Crippen LogP) is 1.23. The number of nitrogens with zero attached hydrogens (tertiary/aromatic N) is 3. The van der Waals surface area contributed by atoms with Gasteiger partial charge in [0, 0.05) is 37.7 Å². The van der Waals surface area contributed by atoms with E-state index in [1.165, 1.54) is 17.1 Å². The van der Waals surface area contributed by atoms with Gasteiger partial charge in [0.15, 0.2) is 5.96 Å². The molecule has 4 nitrogen and oxygen atoms in total. The van der Waals surface area contributed by atoms with Crippen molar-refractivity contribution in [3.05, 3.63) is 11.6 Å². The standard InChI is InChI=1S/C12H22N4S.HI/c1-15-4-2-11(3-5-15)10-14-12(13)16-6-8-17-9-7-16;/h2H,3-10H2,1H3,(H2,13,14);1H. The van der Waals surface area contributed by atoms with E-state index in [-0.39, 0.29) is 24.0 Å². The van der Waals surface area contributed by atoms with Crippen molar-refractivity contribution >= 4 is 41.7 Å². The van der Waals surface area contributed by atoms with E-state index < -0.39 is 0 Å². The van der Waals surface area contributed by atoms with Crippen molar-refractivity contribution in [1.29, 1.82) is 0 Å². The lowest BCUT2D eigenvalue weighted by Crippen LogP contribution is -2.42. The molecule has 2 rings (SSSR count). The molecule has 1 saturated heterocycles. The van der Waals surface area contributed by atoms with Gasteiger partial charge >= 0.3 is 0 Å². The highest BCUT2D eigenvalue weighted by Gasteiger charge is 2.12. The van der Waals surface area contributed by atoms with Gasteiger partial charge in [-0.2, -0.15) is 11.8 Å². The van der Waals surface area contributed by atoms with Gasteiger partial charge in [-0.1, -0.05) is 11.6 Å². The first-order chi connectivity index (χ1) is 8.25. The van der Waals surface area contributed by atoms with E-state index in [2.05, 4.69) is 27.9 Å². The maximum atomic E-state index is 6.02. The molecule has 0 aliphatic carbocycles. The van der Waals surface area contributed by atoms with Crippen LogP contribution in [0, 0.1) is 0 Å². The molecule has 2 heterocycles. The Balaban J connectivity index is 0.00000162. The van der Waals surface area contributed by atoms with Gasteiger partial charge in [0.25, 0.3) is 0 Å². The molecular weight excluding hydrogens is 359 g/mol. The molecule has 0 atom stereocenters. The SMILES string of the molecule is CN1CC=C(CN=C(N)N2CCSCC2)CC1.I. The Kier molecular flexibility index (Phi) is 7.40. The second-order valence-corrected chi connectivity index (χ2v) is 5.87. The summed E-state index contributed by atoms with van der Waals surface area (Å²) in [5.74, 6) is 3.07. The van der Waals surface area contributed by atoms with E-state index in [0.717, 1.165) is 45.1 Å². The largest absolute Gasteiger partial charge is 0.370 e. The molecule has 18 heavy (non-hydrogen) atoms. The zero-order chi connectivity index (χ0) is 12.1. The summed E-state index contributed by atoms with van der Waals surface area (Å²) < 4.78 is 0. The van der Waals surface area contributed by atoms with Gasteiger partial charge in [-0.3, -0.25) is 0 Å². The lowest BCUT2D eigenvalue weighted by Gasteiger charge is -2.27. The fraction of sp³-hybridized carbons (Fsp3) is 0.750. The van der Waals surface area contributed by atoms with Gasteiger partial charge in [0.2, 0.25) is 0 Å². The summed E-state index contributed by atoms with van der Waals surface area (Å²) >= 11 is 1.99. The van der Waals surface area contributed by atoms with Crippen LogP contribution in [-0.2, 0) is 0 Å². The molecule has 0 aromatic heterocycles. The number of guanidine groups is 1. The number of hydrogen-bond acceptors (Lipinski definition) is 3. The average Bonchev–Trinajstić information content (AvgIpc) is 2.39. The lowest BCUT2D eigenvalue weighted by molar-refractivity contribution is 0.358. The van der Waals surface area contributed by atoms with Crippen LogP contribution < -0.4 is 5.73 Å². The summed E-state index contributed by atoms with van der Waals surface area (Å²) in [6.45, 7) is 5.06. The summed E-state index contributed by atoms with van der Waals surface area (Å²) in [6.07, 6.45) is 3.41. The molecule has 0 aromatic rings. The molecule has 0 saturated carbocycles. The van der Waals surface area contributed by atoms with E-state index in [9.17, 15) is 0 Å². The molecule has 0 bridgehead atoms. The first-order valence-electron chi connectivity index (χ1n) is 6.25. The van der Waals surface area contributed by atoms with Gasteiger partial charge in [-0.05, 0) is 13.5 Å². The van der Waals surface area contributed by atoms with E-state index in [1.54, 1.807) is 0 Å². The second-order valence-electron chi connectivity index (χ2n) is 4.65. The van der Waals surface area contributed by atoms with E-state index in [1.807, 2.05) is 11.8 Å². The Morgan fingerprint density at radius 2 is 2.11 bits per heavy atom. The smallest absolute Gasteiger partial charge is 0.191 e. The topological polar surface area (TPSA) is 44.9 Å². The number of halogens is 1. The molecule has 2 aliphatic heterocycles. The Morgan fingerprint density at radius 1 is 1.39 bits per heavy atom. The lowest BCUT2D eigenvalue weighted by atomic mass is 10.1. The van der Waals surface area contributed by atoms with E-state index >= 15 is 0 Å². The number of thioether (sulfide) groups is 1. The number of nitrogens with two attached hydrogens (primary N) is 1. The fourth-order valence-electron chi connectivity index (χ4n) is 2.03. The fourth-order valence-corrected chi connectivity index (χ4v) is 2.93. The quantitative estimate of drug-likeness (QED) is 0.338. The third-order valence-electron chi connectivity index (χ3n) is 3.29. The zero-order valence-corrected chi connectivity index (χ0v) is 14.1. The van der Waals surface area contributed by atoms with Crippen molar-refractivity contribution in [1.82, 2.24) is 9.80 Å². The summed E-state index contributed by atoms with van der Waals surface area (Å²) in [5, 5.41) is 0. The van der Waals surface area contributed by atoms with Crippen molar-refractivity contribution in [2.24, 2.45) is 10.7 Å². The number of rotatable bonds is 2. The van der Waals surface area contributed by atoms with Gasteiger partial charge in [0.05, 0.1) is 6.54 Å². The van der Waals surface area contributed by atoms with Crippen molar-refractivity contribution in [3.63, 3.8) is 0 Å². The summed E-state index contributed by atoms with van der Waals surface area (Å²) in [5.41, 5.74) is 7.45. The number of likely N-dealkylation sites (N-methyl/N-ethyl adjacent to an activating group) is 1. The Labute approximate surface area is 131 Å². The predicted molar refractivity (Wildman–Crippen MR) is 91.0 cm³/mol. The summed E-state index contributed by atoms with van der Waals surface area (Å²) in [6, 6.07) is 0. The van der Waals surface area contributed by atoms with E-state index in [4.69, 9.17) is 5.73 Å². The van der Waals surface area contributed by atoms with Crippen LogP contribution in [-0.4, -0.2) is 67.0 Å². The highest BCUT2D eigenvalue weighted by atomic mass is 127. The van der Waals surface area contributed by atoms with Crippen molar-refractivity contribution in [2.45, 2.75) is 6.42 Å². The first-order valence-corrected chi connectivity index (χ1v) is 7.40. The van der Waals surface area contributed by atoms with Crippen molar-refractivity contribution in [3.8, 4) is 0 Å². The number of hydrogen-bond donors (Lipinski definition) is 1. The Bertz CT molecular complexity index is 313. The van der Waals surface area contributed by atoms with Crippen LogP contribution in [0.2, 0.25) is 0 Å². The van der Waals surface area contributed by atoms with Crippen LogP contribution in [0.4, 0.5) is 0 Å². The normalized spacial score (nSPS) is 22.4. The van der Waals surface area contributed by atoms with Crippen molar-refractivity contribution in [2.75, 3.05) is 51.3 Å². The molecule has 0 radical (unpaired) electrons. The molecule has 2 aliphatic rings. The average molecular weight is 382 g/mol. The molecule has 0 spiro atoms. The zero-order valence-electron chi connectivity index (χ0n) is 11.0. The molecule has 0 amide bonds. The minimum Gasteiger partial charge on any atom is -0.370 e.